The summed E-state index contributed by atoms with van der Waals surface area (Å²) in [5, 5.41) is 17.9. The summed E-state index contributed by atoms with van der Waals surface area (Å²) >= 11 is 0. The van der Waals surface area contributed by atoms with Gasteiger partial charge < -0.3 is 10.1 Å². The van der Waals surface area contributed by atoms with Crippen LogP contribution in [0, 0.1) is 10.1 Å². The van der Waals surface area contributed by atoms with Crippen LogP contribution in [0.25, 0.3) is 0 Å². The summed E-state index contributed by atoms with van der Waals surface area (Å²) in [6.45, 7) is 1.17. The molecule has 0 bridgehead atoms. The molecule has 0 aliphatic rings. The van der Waals surface area contributed by atoms with Crippen LogP contribution in [0.4, 0.5) is 17.1 Å². The van der Waals surface area contributed by atoms with E-state index in [1.165, 1.54) is 12.4 Å². The number of methoxy groups -OCH3 is 1. The van der Waals surface area contributed by atoms with Crippen LogP contribution in [0.3, 0.4) is 0 Å². The zero-order valence-electron chi connectivity index (χ0n) is 10.3. The molecule has 0 saturated heterocycles. The van der Waals surface area contributed by atoms with Crippen molar-refractivity contribution in [3.8, 4) is 0 Å². The van der Waals surface area contributed by atoms with E-state index < -0.39 is 4.92 Å². The number of ether oxygens (including phenoxy) is 1. The lowest BCUT2D eigenvalue weighted by molar-refractivity contribution is -0.384. The minimum Gasteiger partial charge on any atom is -0.383 e. The minimum absolute atomic E-state index is 0.0767. The van der Waals surface area contributed by atoms with Crippen molar-refractivity contribution < 1.29 is 9.66 Å². The first-order valence-corrected chi connectivity index (χ1v) is 5.57. The van der Waals surface area contributed by atoms with Gasteiger partial charge in [-0.1, -0.05) is 0 Å². The van der Waals surface area contributed by atoms with Crippen molar-refractivity contribution in [1.82, 2.24) is 14.8 Å². The van der Waals surface area contributed by atoms with Gasteiger partial charge >= 0.3 is 5.69 Å². The molecule has 100 valence electrons. The highest BCUT2D eigenvalue weighted by atomic mass is 16.6. The smallest absolute Gasteiger partial charge is 0.310 e. The average molecular weight is 263 g/mol. The first kappa shape index (κ1) is 13.0. The van der Waals surface area contributed by atoms with Gasteiger partial charge in [0, 0.05) is 19.5 Å². The monoisotopic (exact) mass is 263 g/mol. The Labute approximate surface area is 109 Å². The fraction of sp³-hybridized carbons (Fsp3) is 0.273. The molecule has 0 saturated carbocycles. The molecule has 2 aromatic rings. The van der Waals surface area contributed by atoms with Crippen molar-refractivity contribution in [3.05, 3.63) is 41.0 Å². The van der Waals surface area contributed by atoms with Crippen molar-refractivity contribution in [2.24, 2.45) is 0 Å². The maximum Gasteiger partial charge on any atom is 0.310 e. The first-order chi connectivity index (χ1) is 9.20. The fourth-order valence-electron chi connectivity index (χ4n) is 1.53. The van der Waals surface area contributed by atoms with Gasteiger partial charge in [-0.2, -0.15) is 5.10 Å². The van der Waals surface area contributed by atoms with E-state index in [4.69, 9.17) is 4.74 Å². The minimum atomic E-state index is -0.481. The lowest BCUT2D eigenvalue weighted by Gasteiger charge is -2.03. The second kappa shape index (κ2) is 5.91. The van der Waals surface area contributed by atoms with Crippen molar-refractivity contribution in [2.45, 2.75) is 6.54 Å². The number of nitro groups is 1. The molecule has 0 spiro atoms. The van der Waals surface area contributed by atoms with Gasteiger partial charge in [-0.05, 0) is 6.07 Å². The molecule has 8 heteroatoms. The normalized spacial score (nSPS) is 10.4. The number of nitrogens with one attached hydrogen (secondary N) is 1. The van der Waals surface area contributed by atoms with Crippen molar-refractivity contribution in [2.75, 3.05) is 19.0 Å². The molecule has 0 aliphatic heterocycles. The van der Waals surface area contributed by atoms with E-state index in [2.05, 4.69) is 15.4 Å². The van der Waals surface area contributed by atoms with E-state index >= 15 is 0 Å². The number of aromatic nitrogens is 3. The lowest BCUT2D eigenvalue weighted by atomic mass is 10.3. The van der Waals surface area contributed by atoms with Crippen LogP contribution in [-0.4, -0.2) is 33.4 Å². The summed E-state index contributed by atoms with van der Waals surface area (Å²) in [4.78, 5) is 14.1. The highest BCUT2D eigenvalue weighted by Crippen LogP contribution is 2.25. The van der Waals surface area contributed by atoms with Crippen LogP contribution in [0.1, 0.15) is 0 Å². The maximum atomic E-state index is 10.8. The average Bonchev–Trinajstić information content (AvgIpc) is 2.84. The predicted octanol–water partition coefficient (Wildman–Crippen LogP) is 1.58. The molecular weight excluding hydrogens is 250 g/mol. The van der Waals surface area contributed by atoms with Crippen LogP contribution in [0.2, 0.25) is 0 Å². The number of anilines is 2. The molecule has 2 heterocycles. The summed E-state index contributed by atoms with van der Waals surface area (Å²) in [6.07, 6.45) is 6.05. The van der Waals surface area contributed by atoms with Gasteiger partial charge in [0.25, 0.3) is 0 Å². The van der Waals surface area contributed by atoms with Crippen molar-refractivity contribution in [3.63, 3.8) is 0 Å². The van der Waals surface area contributed by atoms with Gasteiger partial charge in [-0.3, -0.25) is 19.8 Å². The summed E-state index contributed by atoms with van der Waals surface area (Å²) in [7, 11) is 1.61. The number of rotatable bonds is 6. The van der Waals surface area contributed by atoms with Gasteiger partial charge in [0.05, 0.1) is 30.0 Å². The summed E-state index contributed by atoms with van der Waals surface area (Å²) < 4.78 is 6.64. The van der Waals surface area contributed by atoms with Crippen LogP contribution < -0.4 is 5.32 Å². The second-order valence-corrected chi connectivity index (χ2v) is 3.76. The molecule has 8 nitrogen and oxygen atoms in total. The van der Waals surface area contributed by atoms with Gasteiger partial charge in [0.15, 0.2) is 0 Å². The SMILES string of the molecule is COCCn1cc(Nc2ccncc2[N+](=O)[O-])cn1. The fourth-order valence-corrected chi connectivity index (χ4v) is 1.53. The van der Waals surface area contributed by atoms with Crippen LogP contribution in [0.5, 0.6) is 0 Å². The molecule has 0 aromatic carbocycles. The van der Waals surface area contributed by atoms with E-state index in [0.717, 1.165) is 0 Å². The molecule has 2 rings (SSSR count). The molecular formula is C11H13N5O3. The van der Waals surface area contributed by atoms with E-state index in [1.54, 1.807) is 30.3 Å². The Morgan fingerprint density at radius 3 is 3.11 bits per heavy atom. The number of hydrogen-bond donors (Lipinski definition) is 1. The molecule has 0 radical (unpaired) electrons. The third-order valence-corrected chi connectivity index (χ3v) is 2.43. The highest BCUT2D eigenvalue weighted by molar-refractivity contribution is 5.67. The summed E-state index contributed by atoms with van der Waals surface area (Å²) in [6, 6.07) is 1.55. The van der Waals surface area contributed by atoms with Gasteiger partial charge in [-0.15, -0.1) is 0 Å². The molecule has 0 amide bonds. The van der Waals surface area contributed by atoms with E-state index in [0.29, 0.717) is 24.5 Å². The standard InChI is InChI=1S/C11H13N5O3/c1-19-5-4-15-8-9(6-13-15)14-10-2-3-12-7-11(10)16(17)18/h2-3,6-8H,4-5H2,1H3,(H,12,14). The molecule has 19 heavy (non-hydrogen) atoms. The Hall–Kier alpha value is -2.48. The molecule has 1 N–H and O–H groups in total. The molecule has 0 unspecified atom stereocenters. The van der Waals surface area contributed by atoms with E-state index in [9.17, 15) is 10.1 Å². The maximum absolute atomic E-state index is 10.8. The zero-order valence-corrected chi connectivity index (χ0v) is 10.3. The second-order valence-electron chi connectivity index (χ2n) is 3.76. The Morgan fingerprint density at radius 1 is 1.53 bits per heavy atom. The number of nitrogens with zero attached hydrogens (tertiary/aromatic N) is 4. The lowest BCUT2D eigenvalue weighted by Crippen LogP contribution is -2.04. The highest BCUT2D eigenvalue weighted by Gasteiger charge is 2.13. The van der Waals surface area contributed by atoms with E-state index in [1.807, 2.05) is 0 Å². The largest absolute Gasteiger partial charge is 0.383 e. The summed E-state index contributed by atoms with van der Waals surface area (Å²) in [5.41, 5.74) is 0.976. The van der Waals surface area contributed by atoms with E-state index in [-0.39, 0.29) is 5.69 Å². The van der Waals surface area contributed by atoms with Crippen LogP contribution >= 0.6 is 0 Å². The quantitative estimate of drug-likeness (QED) is 0.628. The van der Waals surface area contributed by atoms with Gasteiger partial charge in [0.2, 0.25) is 0 Å². The Bertz CT molecular complexity index is 569. The Kier molecular flexibility index (Phi) is 4.04. The zero-order chi connectivity index (χ0) is 13.7. The first-order valence-electron chi connectivity index (χ1n) is 5.57. The molecule has 0 fully saturated rings. The van der Waals surface area contributed by atoms with Crippen molar-refractivity contribution >= 4 is 17.1 Å². The molecule has 2 aromatic heterocycles. The Balaban J connectivity index is 2.13. The third-order valence-electron chi connectivity index (χ3n) is 2.43. The van der Waals surface area contributed by atoms with Gasteiger partial charge in [0.1, 0.15) is 11.9 Å². The molecule has 0 aliphatic carbocycles. The molecule has 0 atom stereocenters. The van der Waals surface area contributed by atoms with Crippen LogP contribution in [-0.2, 0) is 11.3 Å². The number of hydrogen-bond acceptors (Lipinski definition) is 6. The summed E-state index contributed by atoms with van der Waals surface area (Å²) in [5.74, 6) is 0. The van der Waals surface area contributed by atoms with Crippen LogP contribution in [0.15, 0.2) is 30.9 Å². The van der Waals surface area contributed by atoms with Crippen molar-refractivity contribution in [1.29, 1.82) is 0 Å². The Morgan fingerprint density at radius 2 is 2.37 bits per heavy atom. The number of pyridine rings is 1. The predicted molar refractivity (Wildman–Crippen MR) is 68.3 cm³/mol. The topological polar surface area (TPSA) is 95.1 Å². The third kappa shape index (κ3) is 3.26. The van der Waals surface area contributed by atoms with Gasteiger partial charge in [-0.25, -0.2) is 0 Å².